The Bertz CT molecular complexity index is 441. The number of carbonyl (C=O) groups excluding carboxylic acids is 1. The number of nitrogens with two attached hydrogens (primary N) is 1. The van der Waals surface area contributed by atoms with Crippen LogP contribution in [0.1, 0.15) is 49.0 Å². The summed E-state index contributed by atoms with van der Waals surface area (Å²) in [6.45, 7) is 5.18. The first-order chi connectivity index (χ1) is 9.60. The summed E-state index contributed by atoms with van der Waals surface area (Å²) in [7, 11) is 0. The molecule has 110 valence electrons. The van der Waals surface area contributed by atoms with Gasteiger partial charge in [-0.2, -0.15) is 0 Å². The number of benzene rings is 1. The van der Waals surface area contributed by atoms with Gasteiger partial charge in [0.15, 0.2) is 0 Å². The van der Waals surface area contributed by atoms with Crippen LogP contribution in [0.5, 0.6) is 0 Å². The number of carbonyl (C=O) groups is 1. The fourth-order valence-corrected chi connectivity index (χ4v) is 3.12. The second-order valence-corrected chi connectivity index (χ2v) is 6.21. The molecule has 0 spiro atoms. The normalized spacial score (nSPS) is 26.2. The lowest BCUT2D eigenvalue weighted by Gasteiger charge is -2.33. The minimum atomic E-state index is 0.0516. The Hall–Kier alpha value is -1.35. The Balaban J connectivity index is 1.94. The quantitative estimate of drug-likeness (QED) is 0.887. The molecule has 0 aliphatic heterocycles. The van der Waals surface area contributed by atoms with Crippen LogP contribution in [0.4, 0.5) is 0 Å². The van der Waals surface area contributed by atoms with E-state index in [1.807, 2.05) is 24.3 Å². The zero-order valence-electron chi connectivity index (χ0n) is 12.6. The van der Waals surface area contributed by atoms with Crippen molar-refractivity contribution in [1.82, 2.24) is 5.32 Å². The molecule has 0 bridgehead atoms. The van der Waals surface area contributed by atoms with Crippen molar-refractivity contribution in [2.24, 2.45) is 17.6 Å². The fourth-order valence-electron chi connectivity index (χ4n) is 3.12. The highest BCUT2D eigenvalue weighted by atomic mass is 16.1. The van der Waals surface area contributed by atoms with Gasteiger partial charge in [0.1, 0.15) is 0 Å². The zero-order chi connectivity index (χ0) is 14.5. The lowest BCUT2D eigenvalue weighted by Crippen LogP contribution is -2.42. The maximum absolute atomic E-state index is 12.3. The van der Waals surface area contributed by atoms with Crippen molar-refractivity contribution in [3.8, 4) is 0 Å². The van der Waals surface area contributed by atoms with Crippen molar-refractivity contribution in [1.29, 1.82) is 0 Å². The van der Waals surface area contributed by atoms with Crippen LogP contribution >= 0.6 is 0 Å². The largest absolute Gasteiger partial charge is 0.349 e. The van der Waals surface area contributed by atoms with Crippen molar-refractivity contribution < 1.29 is 4.79 Å². The SMILES string of the molecule is CC1CCC(NC(=O)c2ccc(CCN)cc2)C(C)C1. The molecule has 0 heterocycles. The van der Waals surface area contributed by atoms with Crippen LogP contribution in [0.3, 0.4) is 0 Å². The second-order valence-electron chi connectivity index (χ2n) is 6.21. The third-order valence-electron chi connectivity index (χ3n) is 4.40. The van der Waals surface area contributed by atoms with Crippen LogP contribution in [-0.2, 0) is 6.42 Å². The Morgan fingerprint density at radius 3 is 2.55 bits per heavy atom. The van der Waals surface area contributed by atoms with E-state index in [0.717, 1.165) is 24.3 Å². The van der Waals surface area contributed by atoms with Crippen molar-refractivity contribution >= 4 is 5.91 Å². The molecular formula is C17H26N2O. The Labute approximate surface area is 121 Å². The fraction of sp³-hybridized carbons (Fsp3) is 0.588. The average Bonchev–Trinajstić information content (AvgIpc) is 2.43. The lowest BCUT2D eigenvalue weighted by molar-refractivity contribution is 0.0899. The topological polar surface area (TPSA) is 55.1 Å². The van der Waals surface area contributed by atoms with Crippen molar-refractivity contribution in [2.75, 3.05) is 6.54 Å². The van der Waals surface area contributed by atoms with Crippen LogP contribution < -0.4 is 11.1 Å². The highest BCUT2D eigenvalue weighted by Crippen LogP contribution is 2.28. The maximum atomic E-state index is 12.3. The molecule has 0 aromatic heterocycles. The van der Waals surface area contributed by atoms with E-state index in [4.69, 9.17) is 5.73 Å². The van der Waals surface area contributed by atoms with Gasteiger partial charge >= 0.3 is 0 Å². The molecule has 20 heavy (non-hydrogen) atoms. The van der Waals surface area contributed by atoms with Crippen LogP contribution in [0.25, 0.3) is 0 Å². The van der Waals surface area contributed by atoms with E-state index in [-0.39, 0.29) is 5.91 Å². The van der Waals surface area contributed by atoms with E-state index in [1.54, 1.807) is 0 Å². The Morgan fingerprint density at radius 1 is 1.25 bits per heavy atom. The molecule has 3 N–H and O–H groups in total. The summed E-state index contributed by atoms with van der Waals surface area (Å²) in [5, 5.41) is 3.19. The molecular weight excluding hydrogens is 248 g/mol. The number of hydrogen-bond donors (Lipinski definition) is 2. The van der Waals surface area contributed by atoms with Gasteiger partial charge in [-0.25, -0.2) is 0 Å². The molecule has 0 radical (unpaired) electrons. The minimum absolute atomic E-state index is 0.0516. The second kappa shape index (κ2) is 6.89. The van der Waals surface area contributed by atoms with E-state index in [1.165, 1.54) is 18.4 Å². The van der Waals surface area contributed by atoms with E-state index in [9.17, 15) is 4.79 Å². The molecule has 1 amide bonds. The molecule has 1 aliphatic carbocycles. The van der Waals surface area contributed by atoms with Gasteiger partial charge in [-0.15, -0.1) is 0 Å². The number of rotatable bonds is 4. The summed E-state index contributed by atoms with van der Waals surface area (Å²) in [6.07, 6.45) is 4.38. The third-order valence-corrected chi connectivity index (χ3v) is 4.40. The van der Waals surface area contributed by atoms with Crippen molar-refractivity contribution in [3.05, 3.63) is 35.4 Å². The van der Waals surface area contributed by atoms with Gasteiger partial charge in [-0.1, -0.05) is 26.0 Å². The maximum Gasteiger partial charge on any atom is 0.251 e. The molecule has 3 atom stereocenters. The molecule has 2 rings (SSSR count). The van der Waals surface area contributed by atoms with Gasteiger partial charge in [-0.3, -0.25) is 4.79 Å². The first kappa shape index (κ1) is 15.0. The van der Waals surface area contributed by atoms with Gasteiger partial charge in [0.05, 0.1) is 0 Å². The van der Waals surface area contributed by atoms with E-state index in [0.29, 0.717) is 18.5 Å². The molecule has 3 unspecified atom stereocenters. The van der Waals surface area contributed by atoms with E-state index in [2.05, 4.69) is 19.2 Å². The third kappa shape index (κ3) is 3.83. The molecule has 1 fully saturated rings. The highest BCUT2D eigenvalue weighted by molar-refractivity contribution is 5.94. The molecule has 1 saturated carbocycles. The van der Waals surface area contributed by atoms with Gasteiger partial charge in [-0.05, 0) is 61.8 Å². The molecule has 1 aromatic carbocycles. The summed E-state index contributed by atoms with van der Waals surface area (Å²) in [4.78, 5) is 12.3. The molecule has 1 aliphatic rings. The van der Waals surface area contributed by atoms with Gasteiger partial charge in [0.2, 0.25) is 0 Å². The molecule has 3 nitrogen and oxygen atoms in total. The Kier molecular flexibility index (Phi) is 5.18. The predicted molar refractivity (Wildman–Crippen MR) is 82.6 cm³/mol. The Morgan fingerprint density at radius 2 is 1.95 bits per heavy atom. The number of nitrogens with one attached hydrogen (secondary N) is 1. The zero-order valence-corrected chi connectivity index (χ0v) is 12.6. The smallest absolute Gasteiger partial charge is 0.251 e. The van der Waals surface area contributed by atoms with E-state index < -0.39 is 0 Å². The van der Waals surface area contributed by atoms with Crippen LogP contribution in [0.15, 0.2) is 24.3 Å². The number of amides is 1. The van der Waals surface area contributed by atoms with Crippen LogP contribution in [-0.4, -0.2) is 18.5 Å². The predicted octanol–water partition coefficient (Wildman–Crippen LogP) is 2.74. The molecule has 3 heteroatoms. The summed E-state index contributed by atoms with van der Waals surface area (Å²) >= 11 is 0. The first-order valence-electron chi connectivity index (χ1n) is 7.70. The molecule has 1 aromatic rings. The van der Waals surface area contributed by atoms with Crippen LogP contribution in [0, 0.1) is 11.8 Å². The average molecular weight is 274 g/mol. The van der Waals surface area contributed by atoms with Crippen molar-refractivity contribution in [3.63, 3.8) is 0 Å². The van der Waals surface area contributed by atoms with Crippen molar-refractivity contribution in [2.45, 2.75) is 45.6 Å². The lowest BCUT2D eigenvalue weighted by atomic mass is 9.80. The minimum Gasteiger partial charge on any atom is -0.349 e. The van der Waals surface area contributed by atoms with Crippen LogP contribution in [0.2, 0.25) is 0 Å². The summed E-state index contributed by atoms with van der Waals surface area (Å²) in [5.74, 6) is 1.41. The number of hydrogen-bond acceptors (Lipinski definition) is 2. The van der Waals surface area contributed by atoms with E-state index >= 15 is 0 Å². The first-order valence-corrected chi connectivity index (χ1v) is 7.70. The summed E-state index contributed by atoms with van der Waals surface area (Å²) in [5.41, 5.74) is 7.46. The van der Waals surface area contributed by atoms with Gasteiger partial charge < -0.3 is 11.1 Å². The monoisotopic (exact) mass is 274 g/mol. The van der Waals surface area contributed by atoms with Gasteiger partial charge in [0, 0.05) is 11.6 Å². The highest BCUT2D eigenvalue weighted by Gasteiger charge is 2.26. The molecule has 0 saturated heterocycles. The summed E-state index contributed by atoms with van der Waals surface area (Å²) < 4.78 is 0. The van der Waals surface area contributed by atoms with Gasteiger partial charge in [0.25, 0.3) is 5.91 Å². The summed E-state index contributed by atoms with van der Waals surface area (Å²) in [6, 6.07) is 8.11. The standard InChI is InChI=1S/C17H26N2O/c1-12-3-8-16(13(2)11-12)19-17(20)15-6-4-14(5-7-15)9-10-18/h4-7,12-13,16H,3,8-11,18H2,1-2H3,(H,19,20).